The van der Waals surface area contributed by atoms with E-state index >= 15 is 0 Å². The Labute approximate surface area is 140 Å². The van der Waals surface area contributed by atoms with Crippen molar-refractivity contribution in [1.29, 1.82) is 0 Å². The molecule has 3 heterocycles. The SMILES string of the molecule is COC(=O)c1c(-c2cccs2)csc1NC(=O)c1ccncc1. The number of amides is 1. The van der Waals surface area contributed by atoms with E-state index in [9.17, 15) is 9.59 Å². The van der Waals surface area contributed by atoms with Gasteiger partial charge in [0.25, 0.3) is 5.91 Å². The van der Waals surface area contributed by atoms with Gasteiger partial charge in [0.15, 0.2) is 0 Å². The quantitative estimate of drug-likeness (QED) is 0.729. The molecule has 0 aromatic carbocycles. The first kappa shape index (κ1) is 15.4. The number of nitrogens with one attached hydrogen (secondary N) is 1. The minimum absolute atomic E-state index is 0.294. The predicted molar refractivity (Wildman–Crippen MR) is 91.2 cm³/mol. The number of carbonyl (C=O) groups excluding carboxylic acids is 2. The average molecular weight is 344 g/mol. The molecule has 0 radical (unpaired) electrons. The molecule has 5 nitrogen and oxygen atoms in total. The summed E-state index contributed by atoms with van der Waals surface area (Å²) < 4.78 is 4.87. The second-order valence-corrected chi connectivity index (χ2v) is 6.34. The van der Waals surface area contributed by atoms with Crippen LogP contribution in [0.2, 0.25) is 0 Å². The van der Waals surface area contributed by atoms with Crippen molar-refractivity contribution in [2.24, 2.45) is 0 Å². The fourth-order valence-electron chi connectivity index (χ4n) is 2.05. The van der Waals surface area contributed by atoms with Gasteiger partial charge in [0, 0.05) is 33.8 Å². The minimum Gasteiger partial charge on any atom is -0.465 e. The maximum atomic E-state index is 12.3. The van der Waals surface area contributed by atoms with Crippen LogP contribution in [-0.2, 0) is 4.74 Å². The second kappa shape index (κ2) is 6.72. The molecule has 0 spiro atoms. The first-order chi connectivity index (χ1) is 11.2. The number of hydrogen-bond acceptors (Lipinski definition) is 6. The Morgan fingerprint density at radius 3 is 2.61 bits per heavy atom. The van der Waals surface area contributed by atoms with E-state index in [0.717, 1.165) is 10.4 Å². The highest BCUT2D eigenvalue weighted by Gasteiger charge is 2.23. The average Bonchev–Trinajstić information content (AvgIpc) is 3.24. The number of thiophene rings is 2. The smallest absolute Gasteiger partial charge is 0.341 e. The van der Waals surface area contributed by atoms with E-state index in [-0.39, 0.29) is 5.91 Å². The molecule has 1 amide bonds. The monoisotopic (exact) mass is 344 g/mol. The van der Waals surface area contributed by atoms with Gasteiger partial charge in [0.05, 0.1) is 7.11 Å². The highest BCUT2D eigenvalue weighted by atomic mass is 32.1. The van der Waals surface area contributed by atoms with Gasteiger partial charge in [-0.25, -0.2) is 4.79 Å². The summed E-state index contributed by atoms with van der Waals surface area (Å²) in [6, 6.07) is 7.06. The Morgan fingerprint density at radius 1 is 1.17 bits per heavy atom. The lowest BCUT2D eigenvalue weighted by molar-refractivity contribution is 0.0603. The van der Waals surface area contributed by atoms with E-state index in [1.54, 1.807) is 24.5 Å². The molecule has 0 aliphatic carbocycles. The van der Waals surface area contributed by atoms with Crippen LogP contribution < -0.4 is 5.32 Å². The molecule has 0 aliphatic rings. The predicted octanol–water partition coefficient (Wildman–Crippen LogP) is 3.91. The molecule has 3 rings (SSSR count). The lowest BCUT2D eigenvalue weighted by Crippen LogP contribution is -2.14. The lowest BCUT2D eigenvalue weighted by Gasteiger charge is -2.07. The molecule has 0 saturated carbocycles. The van der Waals surface area contributed by atoms with Crippen LogP contribution in [0.3, 0.4) is 0 Å². The maximum absolute atomic E-state index is 12.3. The molecule has 3 aromatic rings. The van der Waals surface area contributed by atoms with E-state index in [2.05, 4.69) is 10.3 Å². The van der Waals surface area contributed by atoms with Gasteiger partial charge in [-0.3, -0.25) is 9.78 Å². The fourth-order valence-corrected chi connectivity index (χ4v) is 3.81. The second-order valence-electron chi connectivity index (χ2n) is 4.51. The van der Waals surface area contributed by atoms with Crippen LogP contribution in [0.5, 0.6) is 0 Å². The van der Waals surface area contributed by atoms with Crippen molar-refractivity contribution in [3.63, 3.8) is 0 Å². The molecule has 0 unspecified atom stereocenters. The van der Waals surface area contributed by atoms with Crippen LogP contribution >= 0.6 is 22.7 Å². The van der Waals surface area contributed by atoms with Gasteiger partial charge in [-0.05, 0) is 23.6 Å². The molecular formula is C16H12N2O3S2. The van der Waals surface area contributed by atoms with Gasteiger partial charge >= 0.3 is 5.97 Å². The number of anilines is 1. The van der Waals surface area contributed by atoms with Crippen molar-refractivity contribution in [2.75, 3.05) is 12.4 Å². The van der Waals surface area contributed by atoms with Gasteiger partial charge in [-0.2, -0.15) is 0 Å². The number of ether oxygens (including phenoxy) is 1. The highest BCUT2D eigenvalue weighted by Crippen LogP contribution is 2.38. The summed E-state index contributed by atoms with van der Waals surface area (Å²) in [5.41, 5.74) is 1.62. The zero-order valence-electron chi connectivity index (χ0n) is 12.1. The van der Waals surface area contributed by atoms with Gasteiger partial charge in [-0.15, -0.1) is 22.7 Å². The number of pyridine rings is 1. The molecule has 0 aliphatic heterocycles. The van der Waals surface area contributed by atoms with E-state index in [4.69, 9.17) is 4.74 Å². The molecule has 23 heavy (non-hydrogen) atoms. The third kappa shape index (κ3) is 3.15. The Hall–Kier alpha value is -2.51. The molecule has 0 saturated heterocycles. The number of hydrogen-bond donors (Lipinski definition) is 1. The van der Waals surface area contributed by atoms with Crippen LogP contribution in [-0.4, -0.2) is 24.0 Å². The highest BCUT2D eigenvalue weighted by molar-refractivity contribution is 7.17. The van der Waals surface area contributed by atoms with Crippen molar-refractivity contribution < 1.29 is 14.3 Å². The van der Waals surface area contributed by atoms with Crippen LogP contribution in [0.4, 0.5) is 5.00 Å². The Morgan fingerprint density at radius 2 is 1.96 bits per heavy atom. The standard InChI is InChI=1S/C16H12N2O3S2/c1-21-16(20)13-11(12-3-2-8-22-12)9-23-15(13)18-14(19)10-4-6-17-7-5-10/h2-9H,1H3,(H,18,19). The fraction of sp³-hybridized carbons (Fsp3) is 0.0625. The lowest BCUT2D eigenvalue weighted by atomic mass is 10.1. The first-order valence-electron chi connectivity index (χ1n) is 6.65. The van der Waals surface area contributed by atoms with Gasteiger partial charge in [0.2, 0.25) is 0 Å². The van der Waals surface area contributed by atoms with Crippen molar-refractivity contribution in [3.8, 4) is 10.4 Å². The van der Waals surface area contributed by atoms with Crippen molar-refractivity contribution in [2.45, 2.75) is 0 Å². The zero-order valence-corrected chi connectivity index (χ0v) is 13.7. The molecule has 7 heteroatoms. The summed E-state index contributed by atoms with van der Waals surface area (Å²) in [5, 5.41) is 7.04. The molecule has 1 N–H and O–H groups in total. The van der Waals surface area contributed by atoms with E-state index in [0.29, 0.717) is 16.1 Å². The van der Waals surface area contributed by atoms with E-state index < -0.39 is 5.97 Å². The summed E-state index contributed by atoms with van der Waals surface area (Å²) in [4.78, 5) is 29.3. The molecular weight excluding hydrogens is 332 g/mol. The Kier molecular flexibility index (Phi) is 4.50. The summed E-state index contributed by atoms with van der Waals surface area (Å²) in [6.07, 6.45) is 3.09. The zero-order chi connectivity index (χ0) is 16.2. The molecule has 0 bridgehead atoms. The molecule has 0 atom stereocenters. The number of carbonyl (C=O) groups is 2. The third-order valence-corrected chi connectivity index (χ3v) is 4.94. The van der Waals surface area contributed by atoms with Gasteiger partial charge < -0.3 is 10.1 Å². The Balaban J connectivity index is 1.96. The van der Waals surface area contributed by atoms with Gasteiger partial charge in [-0.1, -0.05) is 6.07 Å². The number of nitrogens with zero attached hydrogens (tertiary/aromatic N) is 1. The van der Waals surface area contributed by atoms with Crippen molar-refractivity contribution in [3.05, 3.63) is 58.5 Å². The van der Waals surface area contributed by atoms with Crippen LogP contribution in [0.25, 0.3) is 10.4 Å². The van der Waals surface area contributed by atoms with Crippen LogP contribution in [0, 0.1) is 0 Å². The number of aromatic nitrogens is 1. The van der Waals surface area contributed by atoms with Crippen LogP contribution in [0.1, 0.15) is 20.7 Å². The Bertz CT molecular complexity index is 826. The molecule has 116 valence electrons. The maximum Gasteiger partial charge on any atom is 0.341 e. The topological polar surface area (TPSA) is 68.3 Å². The summed E-state index contributed by atoms with van der Waals surface area (Å²) in [6.45, 7) is 0. The largest absolute Gasteiger partial charge is 0.465 e. The molecule has 0 fully saturated rings. The number of rotatable bonds is 4. The first-order valence-corrected chi connectivity index (χ1v) is 8.41. The van der Waals surface area contributed by atoms with E-state index in [1.165, 1.54) is 29.8 Å². The van der Waals surface area contributed by atoms with Crippen molar-refractivity contribution in [1.82, 2.24) is 4.98 Å². The molecule has 3 aromatic heterocycles. The minimum atomic E-state index is -0.473. The van der Waals surface area contributed by atoms with E-state index in [1.807, 2.05) is 22.9 Å². The van der Waals surface area contributed by atoms with Gasteiger partial charge in [0.1, 0.15) is 10.6 Å². The number of esters is 1. The normalized spacial score (nSPS) is 10.3. The van der Waals surface area contributed by atoms with Crippen LogP contribution in [0.15, 0.2) is 47.4 Å². The summed E-state index contributed by atoms with van der Waals surface area (Å²) in [5.74, 6) is -0.767. The number of methoxy groups -OCH3 is 1. The summed E-state index contributed by atoms with van der Waals surface area (Å²) >= 11 is 2.82. The third-order valence-electron chi connectivity index (χ3n) is 3.14. The summed E-state index contributed by atoms with van der Waals surface area (Å²) in [7, 11) is 1.33. The van der Waals surface area contributed by atoms with Crippen molar-refractivity contribution >= 4 is 39.6 Å².